The number of nitrogens with two attached hydrogens (primary N) is 1. The van der Waals surface area contributed by atoms with Crippen molar-refractivity contribution in [3.63, 3.8) is 0 Å². The lowest BCUT2D eigenvalue weighted by molar-refractivity contribution is -0.119. The Hall–Kier alpha value is -2.08. The van der Waals surface area contributed by atoms with Gasteiger partial charge in [-0.2, -0.15) is 0 Å². The fourth-order valence-corrected chi connectivity index (χ4v) is 2.18. The molecule has 0 saturated heterocycles. The minimum atomic E-state index is -0.243. The minimum absolute atomic E-state index is 0. The van der Waals surface area contributed by atoms with Crippen LogP contribution in [0.2, 0.25) is 0 Å². The zero-order valence-electron chi connectivity index (χ0n) is 15.4. The molecule has 0 spiro atoms. The zero-order chi connectivity index (χ0) is 18.2. The number of ether oxygens (including phenoxy) is 2. The average molecular weight is 379 g/mol. The van der Waals surface area contributed by atoms with E-state index in [9.17, 15) is 4.79 Å². The van der Waals surface area contributed by atoms with Crippen molar-refractivity contribution in [1.82, 2.24) is 0 Å². The van der Waals surface area contributed by atoms with Crippen LogP contribution < -0.4 is 15.8 Å². The Kier molecular flexibility index (Phi) is 9.13. The SMILES string of the molecule is COCCc1ccc(Oc2ccc(NC(=O)C(C)C(C)N)cc2)cc1.Cl. The van der Waals surface area contributed by atoms with Gasteiger partial charge in [-0.3, -0.25) is 4.79 Å². The molecule has 2 atom stereocenters. The van der Waals surface area contributed by atoms with Crippen LogP contribution in [0.25, 0.3) is 0 Å². The van der Waals surface area contributed by atoms with Crippen LogP contribution in [0.1, 0.15) is 19.4 Å². The van der Waals surface area contributed by atoms with Gasteiger partial charge in [-0.15, -0.1) is 12.4 Å². The molecule has 2 rings (SSSR count). The third-order valence-electron chi connectivity index (χ3n) is 4.08. The predicted octanol–water partition coefficient (Wildman–Crippen LogP) is 4.01. The molecule has 0 bridgehead atoms. The number of anilines is 1. The molecular weight excluding hydrogens is 352 g/mol. The van der Waals surface area contributed by atoms with E-state index in [1.165, 1.54) is 5.56 Å². The fraction of sp³-hybridized carbons (Fsp3) is 0.350. The second-order valence-electron chi connectivity index (χ2n) is 6.15. The quantitative estimate of drug-likeness (QED) is 0.727. The van der Waals surface area contributed by atoms with E-state index < -0.39 is 0 Å². The molecule has 26 heavy (non-hydrogen) atoms. The summed E-state index contributed by atoms with van der Waals surface area (Å²) in [5.74, 6) is 1.15. The third-order valence-corrected chi connectivity index (χ3v) is 4.08. The van der Waals surface area contributed by atoms with Gasteiger partial charge in [0.25, 0.3) is 0 Å². The van der Waals surface area contributed by atoms with E-state index in [-0.39, 0.29) is 30.3 Å². The normalized spacial score (nSPS) is 12.6. The molecule has 6 heteroatoms. The van der Waals surface area contributed by atoms with Gasteiger partial charge in [0, 0.05) is 18.8 Å². The van der Waals surface area contributed by atoms with Gasteiger partial charge in [0.05, 0.1) is 12.5 Å². The van der Waals surface area contributed by atoms with E-state index in [2.05, 4.69) is 5.32 Å². The van der Waals surface area contributed by atoms with Crippen molar-refractivity contribution in [2.24, 2.45) is 11.7 Å². The summed E-state index contributed by atoms with van der Waals surface area (Å²) < 4.78 is 10.9. The van der Waals surface area contributed by atoms with Crippen molar-refractivity contribution in [1.29, 1.82) is 0 Å². The molecule has 5 nitrogen and oxygen atoms in total. The second kappa shape index (κ2) is 10.8. The zero-order valence-corrected chi connectivity index (χ0v) is 16.2. The molecule has 3 N–H and O–H groups in total. The monoisotopic (exact) mass is 378 g/mol. The highest BCUT2D eigenvalue weighted by molar-refractivity contribution is 5.92. The van der Waals surface area contributed by atoms with Crippen molar-refractivity contribution in [2.75, 3.05) is 19.0 Å². The van der Waals surface area contributed by atoms with Gasteiger partial charge in [-0.1, -0.05) is 19.1 Å². The summed E-state index contributed by atoms with van der Waals surface area (Å²) >= 11 is 0. The predicted molar refractivity (Wildman–Crippen MR) is 107 cm³/mol. The summed E-state index contributed by atoms with van der Waals surface area (Å²) in [7, 11) is 1.70. The maximum Gasteiger partial charge on any atom is 0.228 e. The molecule has 0 aliphatic heterocycles. The first-order chi connectivity index (χ1) is 12.0. The molecule has 0 heterocycles. The van der Waals surface area contributed by atoms with Gasteiger partial charge in [0.15, 0.2) is 0 Å². The number of benzene rings is 2. The van der Waals surface area contributed by atoms with Crippen LogP contribution >= 0.6 is 12.4 Å². The Labute approximate surface area is 161 Å². The molecular formula is C20H27ClN2O3. The van der Waals surface area contributed by atoms with Crippen molar-refractivity contribution in [3.8, 4) is 11.5 Å². The van der Waals surface area contributed by atoms with Crippen LogP contribution in [0.5, 0.6) is 11.5 Å². The van der Waals surface area contributed by atoms with E-state index in [0.717, 1.165) is 17.9 Å². The molecule has 2 unspecified atom stereocenters. The topological polar surface area (TPSA) is 73.6 Å². The number of hydrogen-bond donors (Lipinski definition) is 2. The van der Waals surface area contributed by atoms with Crippen molar-refractivity contribution in [3.05, 3.63) is 54.1 Å². The largest absolute Gasteiger partial charge is 0.457 e. The molecule has 1 amide bonds. The first kappa shape index (κ1) is 22.0. The summed E-state index contributed by atoms with van der Waals surface area (Å²) in [6.07, 6.45) is 0.880. The van der Waals surface area contributed by atoms with E-state index in [0.29, 0.717) is 12.4 Å². The van der Waals surface area contributed by atoms with Crippen molar-refractivity contribution < 1.29 is 14.3 Å². The number of nitrogens with one attached hydrogen (secondary N) is 1. The van der Waals surface area contributed by atoms with Gasteiger partial charge in [0.1, 0.15) is 11.5 Å². The first-order valence-electron chi connectivity index (χ1n) is 8.42. The van der Waals surface area contributed by atoms with Crippen LogP contribution in [0.15, 0.2) is 48.5 Å². The van der Waals surface area contributed by atoms with Crippen molar-refractivity contribution >= 4 is 24.0 Å². The van der Waals surface area contributed by atoms with E-state index in [4.69, 9.17) is 15.2 Å². The van der Waals surface area contributed by atoms with Crippen LogP contribution in [0, 0.1) is 5.92 Å². The van der Waals surface area contributed by atoms with Crippen LogP contribution in [-0.4, -0.2) is 25.7 Å². The number of hydrogen-bond acceptors (Lipinski definition) is 4. The molecule has 142 valence electrons. The van der Waals surface area contributed by atoms with Gasteiger partial charge >= 0.3 is 0 Å². The van der Waals surface area contributed by atoms with E-state index in [1.54, 1.807) is 7.11 Å². The van der Waals surface area contributed by atoms with Gasteiger partial charge in [0.2, 0.25) is 5.91 Å². The Bertz CT molecular complexity index is 672. The molecule has 0 aliphatic rings. The van der Waals surface area contributed by atoms with Crippen LogP contribution in [0.3, 0.4) is 0 Å². The maximum atomic E-state index is 12.0. The smallest absolute Gasteiger partial charge is 0.228 e. The highest BCUT2D eigenvalue weighted by Crippen LogP contribution is 2.23. The Morgan fingerprint density at radius 3 is 2.08 bits per heavy atom. The number of rotatable bonds is 8. The van der Waals surface area contributed by atoms with E-state index >= 15 is 0 Å². The Morgan fingerprint density at radius 2 is 1.58 bits per heavy atom. The van der Waals surface area contributed by atoms with Gasteiger partial charge < -0.3 is 20.5 Å². The van der Waals surface area contributed by atoms with Gasteiger partial charge in [-0.25, -0.2) is 0 Å². The summed E-state index contributed by atoms with van der Waals surface area (Å²) in [6, 6.07) is 15.0. The molecule has 0 radical (unpaired) electrons. The molecule has 0 aliphatic carbocycles. The first-order valence-corrected chi connectivity index (χ1v) is 8.42. The number of methoxy groups -OCH3 is 1. The average Bonchev–Trinajstić information content (AvgIpc) is 2.62. The van der Waals surface area contributed by atoms with Gasteiger partial charge in [-0.05, 0) is 55.3 Å². The molecule has 0 fully saturated rings. The Morgan fingerprint density at radius 1 is 1.04 bits per heavy atom. The number of carbonyl (C=O) groups excluding carboxylic acids is 1. The summed E-state index contributed by atoms with van der Waals surface area (Å²) in [5.41, 5.74) is 7.68. The second-order valence-corrected chi connectivity index (χ2v) is 6.15. The fourth-order valence-electron chi connectivity index (χ4n) is 2.18. The maximum absolute atomic E-state index is 12.0. The molecule has 2 aromatic rings. The molecule has 0 aromatic heterocycles. The van der Waals surface area contributed by atoms with E-state index in [1.807, 2.05) is 62.4 Å². The lowest BCUT2D eigenvalue weighted by Gasteiger charge is -2.15. The highest BCUT2D eigenvalue weighted by Gasteiger charge is 2.16. The minimum Gasteiger partial charge on any atom is -0.457 e. The molecule has 2 aromatic carbocycles. The van der Waals surface area contributed by atoms with Crippen LogP contribution in [-0.2, 0) is 16.0 Å². The third kappa shape index (κ3) is 6.67. The van der Waals surface area contributed by atoms with Crippen LogP contribution in [0.4, 0.5) is 5.69 Å². The summed E-state index contributed by atoms with van der Waals surface area (Å²) in [6.45, 7) is 4.34. The lowest BCUT2D eigenvalue weighted by Crippen LogP contribution is -2.34. The molecule has 0 saturated carbocycles. The number of amides is 1. The highest BCUT2D eigenvalue weighted by atomic mass is 35.5. The number of carbonyl (C=O) groups is 1. The Balaban J connectivity index is 0.00000338. The van der Waals surface area contributed by atoms with Crippen molar-refractivity contribution in [2.45, 2.75) is 26.3 Å². The summed E-state index contributed by atoms with van der Waals surface area (Å²) in [4.78, 5) is 12.0. The number of halogens is 1. The standard InChI is InChI=1S/C20H26N2O3.ClH/c1-14(15(2)21)20(23)22-17-6-10-19(11-7-17)25-18-8-4-16(5-9-18)12-13-24-3;/h4-11,14-15H,12-13,21H2,1-3H3,(H,22,23);1H. The lowest BCUT2D eigenvalue weighted by atomic mass is 10.0. The summed E-state index contributed by atoms with van der Waals surface area (Å²) in [5, 5.41) is 2.85.